The molecule has 3 aliphatic rings. The van der Waals surface area contributed by atoms with Crippen molar-refractivity contribution in [3.8, 4) is 0 Å². The molecule has 0 spiro atoms. The van der Waals surface area contributed by atoms with Crippen LogP contribution in [0, 0.1) is 17.8 Å². The predicted molar refractivity (Wildman–Crippen MR) is 162 cm³/mol. The lowest BCUT2D eigenvalue weighted by Gasteiger charge is -2.35. The number of nitrogens with zero attached hydrogens (tertiary/aromatic N) is 1. The van der Waals surface area contributed by atoms with Gasteiger partial charge in [-0.3, -0.25) is 4.79 Å². The number of ether oxygens (including phenoxy) is 4. The van der Waals surface area contributed by atoms with Crippen molar-refractivity contribution in [3.63, 3.8) is 0 Å². The lowest BCUT2D eigenvalue weighted by molar-refractivity contribution is -0.151. The Labute approximate surface area is 256 Å². The van der Waals surface area contributed by atoms with E-state index in [9.17, 15) is 24.9 Å². The highest BCUT2D eigenvalue weighted by Gasteiger charge is 2.45. The van der Waals surface area contributed by atoms with Gasteiger partial charge in [-0.2, -0.15) is 0 Å². The molecular weight excluding hydrogens is 554 g/mol. The van der Waals surface area contributed by atoms with Gasteiger partial charge < -0.3 is 39.2 Å². The van der Waals surface area contributed by atoms with Crippen LogP contribution in [0.2, 0.25) is 0 Å². The van der Waals surface area contributed by atoms with Gasteiger partial charge in [0.2, 0.25) is 0 Å². The number of aliphatic hydroxyl groups excluding tert-OH is 2. The first-order valence-corrected chi connectivity index (χ1v) is 15.8. The average molecular weight is 608 g/mol. The summed E-state index contributed by atoms with van der Waals surface area (Å²) in [6.45, 7) is 13.2. The Kier molecular flexibility index (Phi) is 13.3. The maximum atomic E-state index is 12.9. The molecule has 3 N–H and O–H groups in total. The summed E-state index contributed by atoms with van der Waals surface area (Å²) in [5, 5.41) is 31.9. The fraction of sp³-hybridized carbons (Fsp3) is 0.758. The van der Waals surface area contributed by atoms with Crippen molar-refractivity contribution in [1.29, 1.82) is 0 Å². The number of hydrogen-bond donors (Lipinski definition) is 3. The average Bonchev–Trinajstić information content (AvgIpc) is 3.74. The molecule has 2 saturated heterocycles. The number of carbonyl (C=O) groups excluding carboxylic acids is 2. The van der Waals surface area contributed by atoms with Gasteiger partial charge in [-0.25, -0.2) is 4.79 Å². The van der Waals surface area contributed by atoms with E-state index in [1.807, 2.05) is 45.9 Å². The molecule has 0 aromatic carbocycles. The summed E-state index contributed by atoms with van der Waals surface area (Å²) in [5.74, 6) is -0.461. The maximum absolute atomic E-state index is 12.9. The number of hydrogen-bond acceptors (Lipinski definition) is 9. The summed E-state index contributed by atoms with van der Waals surface area (Å²) in [6, 6.07) is 0. The van der Waals surface area contributed by atoms with Gasteiger partial charge in [0.25, 0.3) is 0 Å². The molecule has 0 saturated carbocycles. The minimum atomic E-state index is -1.46. The first-order valence-electron chi connectivity index (χ1n) is 15.8. The smallest absolute Gasteiger partial charge is 0.410 e. The normalized spacial score (nSPS) is 35.7. The van der Waals surface area contributed by atoms with Crippen molar-refractivity contribution in [2.75, 3.05) is 26.3 Å². The zero-order valence-corrected chi connectivity index (χ0v) is 26.7. The molecule has 43 heavy (non-hydrogen) atoms. The number of cyclic esters (lactones) is 1. The van der Waals surface area contributed by atoms with Crippen molar-refractivity contribution >= 4 is 12.1 Å². The second-order valence-corrected chi connectivity index (χ2v) is 12.8. The fourth-order valence-electron chi connectivity index (χ4n) is 5.72. The van der Waals surface area contributed by atoms with E-state index in [0.29, 0.717) is 32.7 Å². The van der Waals surface area contributed by atoms with E-state index in [2.05, 4.69) is 13.0 Å². The van der Waals surface area contributed by atoms with E-state index < -0.39 is 36.0 Å². The number of carbonyl (C=O) groups is 2. The molecule has 3 aliphatic heterocycles. The van der Waals surface area contributed by atoms with Gasteiger partial charge in [0.15, 0.2) is 6.10 Å². The van der Waals surface area contributed by atoms with E-state index in [-0.39, 0.29) is 55.3 Å². The summed E-state index contributed by atoms with van der Waals surface area (Å²) in [6.07, 6.45) is 7.82. The Bertz CT molecular complexity index is 1000. The summed E-state index contributed by atoms with van der Waals surface area (Å²) < 4.78 is 22.8. The van der Waals surface area contributed by atoms with E-state index >= 15 is 0 Å². The van der Waals surface area contributed by atoms with Gasteiger partial charge in [-0.05, 0) is 57.1 Å². The molecule has 2 fully saturated rings. The van der Waals surface area contributed by atoms with Gasteiger partial charge in [0, 0.05) is 24.9 Å². The van der Waals surface area contributed by atoms with Gasteiger partial charge in [-0.15, -0.1) is 0 Å². The van der Waals surface area contributed by atoms with E-state index in [1.165, 1.54) is 0 Å². The first kappa shape index (κ1) is 35.2. The zero-order valence-electron chi connectivity index (χ0n) is 26.7. The number of epoxide rings is 1. The predicted octanol–water partition coefficient (Wildman–Crippen LogP) is 3.93. The molecule has 0 aliphatic carbocycles. The van der Waals surface area contributed by atoms with Crippen molar-refractivity contribution < 1.29 is 43.9 Å². The Hall–Kier alpha value is -2.24. The van der Waals surface area contributed by atoms with Gasteiger partial charge >= 0.3 is 12.1 Å². The molecule has 10 heteroatoms. The van der Waals surface area contributed by atoms with Crippen molar-refractivity contribution in [3.05, 3.63) is 36.0 Å². The zero-order chi connectivity index (χ0) is 31.7. The lowest BCUT2D eigenvalue weighted by Crippen LogP contribution is -2.47. The van der Waals surface area contributed by atoms with Crippen LogP contribution >= 0.6 is 0 Å². The molecule has 3 rings (SSSR count). The SMILES string of the molecule is CCC(O)C(C)C1OC1CC(C)/C=C/C=C(\C)C1OC(=O)CC(O)CCC(C)(O)C(OC(=O)N2CCOCC2)/C=C/C1C. The monoisotopic (exact) mass is 607 g/mol. The standard InChI is InChI=1S/C33H53NO9/c1-7-26(36)24(5)31-27(41-31)19-21(2)9-8-10-22(3)30-23(4)11-12-28(42-32(38)34-15-17-40-18-16-34)33(6,39)14-13-25(35)20-29(37)43-30/h8-12,21,23-28,30-31,35-36,39H,7,13-20H2,1-6H3/b9-8+,12-11+,22-10+. The van der Waals surface area contributed by atoms with E-state index in [4.69, 9.17) is 18.9 Å². The molecule has 10 nitrogen and oxygen atoms in total. The molecule has 0 radical (unpaired) electrons. The van der Waals surface area contributed by atoms with Crippen LogP contribution in [0.15, 0.2) is 36.0 Å². The van der Waals surface area contributed by atoms with Crippen molar-refractivity contribution in [2.45, 2.75) is 116 Å². The second kappa shape index (κ2) is 16.2. The lowest BCUT2D eigenvalue weighted by atomic mass is 9.88. The molecule has 0 aromatic heterocycles. The summed E-state index contributed by atoms with van der Waals surface area (Å²) in [7, 11) is 0. The minimum absolute atomic E-state index is 0.0967. The Morgan fingerprint density at radius 1 is 1.26 bits per heavy atom. The van der Waals surface area contributed by atoms with Crippen molar-refractivity contribution in [1.82, 2.24) is 4.90 Å². The Balaban J connectivity index is 1.71. The fourth-order valence-corrected chi connectivity index (χ4v) is 5.72. The first-order chi connectivity index (χ1) is 20.3. The molecule has 1 amide bonds. The van der Waals surface area contributed by atoms with Crippen LogP contribution in [0.4, 0.5) is 4.79 Å². The van der Waals surface area contributed by atoms with Crippen LogP contribution < -0.4 is 0 Å². The highest BCUT2D eigenvalue weighted by atomic mass is 16.6. The van der Waals surface area contributed by atoms with Crippen LogP contribution in [0.5, 0.6) is 0 Å². The van der Waals surface area contributed by atoms with Crippen LogP contribution in [0.3, 0.4) is 0 Å². The second-order valence-electron chi connectivity index (χ2n) is 12.8. The molecule has 10 atom stereocenters. The Morgan fingerprint density at radius 2 is 1.95 bits per heavy atom. The topological polar surface area (TPSA) is 138 Å². The number of amides is 1. The molecule has 0 bridgehead atoms. The van der Waals surface area contributed by atoms with Gasteiger partial charge in [-0.1, -0.05) is 52.0 Å². The number of aliphatic hydroxyl groups is 3. The molecule has 0 aromatic rings. The molecular formula is C33H53NO9. The Morgan fingerprint density at radius 3 is 2.63 bits per heavy atom. The minimum Gasteiger partial charge on any atom is -0.457 e. The highest BCUT2D eigenvalue weighted by molar-refractivity contribution is 5.70. The summed E-state index contributed by atoms with van der Waals surface area (Å²) >= 11 is 0. The van der Waals surface area contributed by atoms with Crippen molar-refractivity contribution in [2.24, 2.45) is 17.8 Å². The number of morpholine rings is 1. The van der Waals surface area contributed by atoms with E-state index in [1.54, 1.807) is 17.9 Å². The molecule has 3 heterocycles. The number of esters is 1. The van der Waals surface area contributed by atoms with E-state index in [0.717, 1.165) is 12.0 Å². The largest absolute Gasteiger partial charge is 0.457 e. The third-order valence-corrected chi connectivity index (χ3v) is 8.84. The van der Waals surface area contributed by atoms with Crippen LogP contribution in [-0.2, 0) is 23.7 Å². The summed E-state index contributed by atoms with van der Waals surface area (Å²) in [5.41, 5.74) is -0.646. The quantitative estimate of drug-likeness (QED) is 0.154. The maximum Gasteiger partial charge on any atom is 0.410 e. The number of rotatable bonds is 9. The summed E-state index contributed by atoms with van der Waals surface area (Å²) in [4.78, 5) is 27.2. The van der Waals surface area contributed by atoms with Gasteiger partial charge in [0.1, 0.15) is 11.7 Å². The third-order valence-electron chi connectivity index (χ3n) is 8.84. The van der Waals surface area contributed by atoms with Crippen LogP contribution in [-0.4, -0.2) is 101 Å². The van der Waals surface area contributed by atoms with Gasteiger partial charge in [0.05, 0.1) is 44.1 Å². The van der Waals surface area contributed by atoms with Crippen LogP contribution in [0.1, 0.15) is 73.6 Å². The third kappa shape index (κ3) is 10.7. The molecule has 10 unspecified atom stereocenters. The van der Waals surface area contributed by atoms with Crippen LogP contribution in [0.25, 0.3) is 0 Å². The highest BCUT2D eigenvalue weighted by Crippen LogP contribution is 2.36. The molecule has 244 valence electrons. The number of allylic oxidation sites excluding steroid dienone is 3.